The van der Waals surface area contributed by atoms with E-state index in [1.807, 2.05) is 19.1 Å². The van der Waals surface area contributed by atoms with Gasteiger partial charge in [0.1, 0.15) is 11.5 Å². The third-order valence-electron chi connectivity index (χ3n) is 3.45. The molecule has 0 amide bonds. The zero-order chi connectivity index (χ0) is 15.2. The second-order valence-electron chi connectivity index (χ2n) is 5.29. The summed E-state index contributed by atoms with van der Waals surface area (Å²) in [5, 5.41) is 32.0. The van der Waals surface area contributed by atoms with Crippen LogP contribution in [0.5, 0.6) is 11.5 Å². The maximum atomic E-state index is 10.2. The van der Waals surface area contributed by atoms with Crippen LogP contribution in [0.3, 0.4) is 0 Å². The SMILES string of the molecule is CC(CC(O)c1ccc(O)cc1)NCc1ccc(O)cc1. The van der Waals surface area contributed by atoms with Crippen LogP contribution < -0.4 is 5.32 Å². The number of benzene rings is 2. The molecule has 2 atom stereocenters. The first-order valence-electron chi connectivity index (χ1n) is 7.03. The average molecular weight is 287 g/mol. The van der Waals surface area contributed by atoms with E-state index in [4.69, 9.17) is 0 Å². The highest BCUT2D eigenvalue weighted by atomic mass is 16.3. The number of aliphatic hydroxyl groups is 1. The standard InChI is InChI=1S/C17H21NO3/c1-12(18-11-13-2-6-15(19)7-3-13)10-17(21)14-4-8-16(20)9-5-14/h2-9,12,17-21H,10-11H2,1H3. The Morgan fingerprint density at radius 2 is 1.43 bits per heavy atom. The highest BCUT2D eigenvalue weighted by Gasteiger charge is 2.12. The van der Waals surface area contributed by atoms with E-state index >= 15 is 0 Å². The topological polar surface area (TPSA) is 72.7 Å². The minimum atomic E-state index is -0.562. The van der Waals surface area contributed by atoms with E-state index in [1.165, 1.54) is 0 Å². The van der Waals surface area contributed by atoms with Gasteiger partial charge in [-0.1, -0.05) is 24.3 Å². The van der Waals surface area contributed by atoms with Crippen LogP contribution in [0.15, 0.2) is 48.5 Å². The summed E-state index contributed by atoms with van der Waals surface area (Å²) in [4.78, 5) is 0. The highest BCUT2D eigenvalue weighted by molar-refractivity contribution is 5.27. The maximum Gasteiger partial charge on any atom is 0.115 e. The lowest BCUT2D eigenvalue weighted by Crippen LogP contribution is -2.27. The number of hydrogen-bond acceptors (Lipinski definition) is 4. The summed E-state index contributed by atoms with van der Waals surface area (Å²) in [6, 6.07) is 13.8. The zero-order valence-electron chi connectivity index (χ0n) is 12.0. The van der Waals surface area contributed by atoms with Gasteiger partial charge in [-0.15, -0.1) is 0 Å². The van der Waals surface area contributed by atoms with Crippen LogP contribution in [0.1, 0.15) is 30.6 Å². The lowest BCUT2D eigenvalue weighted by molar-refractivity contribution is 0.154. The normalized spacial score (nSPS) is 13.8. The van der Waals surface area contributed by atoms with E-state index in [9.17, 15) is 15.3 Å². The Hall–Kier alpha value is -2.04. The Balaban J connectivity index is 1.82. The molecule has 0 bridgehead atoms. The first-order valence-corrected chi connectivity index (χ1v) is 7.03. The van der Waals surface area contributed by atoms with Crippen LogP contribution in [0.25, 0.3) is 0 Å². The molecule has 0 spiro atoms. The molecular weight excluding hydrogens is 266 g/mol. The fourth-order valence-corrected chi connectivity index (χ4v) is 2.16. The molecule has 0 radical (unpaired) electrons. The second-order valence-corrected chi connectivity index (χ2v) is 5.29. The smallest absolute Gasteiger partial charge is 0.115 e. The quantitative estimate of drug-likeness (QED) is 0.659. The molecule has 0 heterocycles. The van der Waals surface area contributed by atoms with E-state index in [1.54, 1.807) is 36.4 Å². The van der Waals surface area contributed by atoms with Gasteiger partial charge in [-0.25, -0.2) is 0 Å². The number of hydrogen-bond donors (Lipinski definition) is 4. The van der Waals surface area contributed by atoms with Crippen LogP contribution in [0, 0.1) is 0 Å². The summed E-state index contributed by atoms with van der Waals surface area (Å²) >= 11 is 0. The van der Waals surface area contributed by atoms with Crippen molar-refractivity contribution in [1.82, 2.24) is 5.32 Å². The third kappa shape index (κ3) is 4.77. The molecule has 2 rings (SSSR count). The van der Waals surface area contributed by atoms with Crippen LogP contribution in [0.2, 0.25) is 0 Å². The molecule has 0 aliphatic carbocycles. The van der Waals surface area contributed by atoms with Crippen molar-refractivity contribution in [3.63, 3.8) is 0 Å². The first-order chi connectivity index (χ1) is 10.0. The van der Waals surface area contributed by atoms with E-state index in [0.717, 1.165) is 11.1 Å². The predicted octanol–water partition coefficient (Wildman–Crippen LogP) is 2.70. The highest BCUT2D eigenvalue weighted by Crippen LogP contribution is 2.21. The number of rotatable bonds is 6. The van der Waals surface area contributed by atoms with Crippen LogP contribution in [0.4, 0.5) is 0 Å². The minimum absolute atomic E-state index is 0.141. The summed E-state index contributed by atoms with van der Waals surface area (Å²) in [5.74, 6) is 0.457. The Bertz CT molecular complexity index is 551. The largest absolute Gasteiger partial charge is 0.508 e. The van der Waals surface area contributed by atoms with Gasteiger partial charge in [0.2, 0.25) is 0 Å². The molecular formula is C17H21NO3. The van der Waals surface area contributed by atoms with Crippen molar-refractivity contribution in [2.24, 2.45) is 0 Å². The molecule has 2 aromatic carbocycles. The Morgan fingerprint density at radius 1 is 0.905 bits per heavy atom. The van der Waals surface area contributed by atoms with Crippen molar-refractivity contribution in [1.29, 1.82) is 0 Å². The molecule has 0 saturated carbocycles. The molecule has 0 aliphatic rings. The minimum Gasteiger partial charge on any atom is -0.508 e. The first kappa shape index (κ1) is 15.4. The summed E-state index contributed by atoms with van der Waals surface area (Å²) < 4.78 is 0. The maximum absolute atomic E-state index is 10.2. The third-order valence-corrected chi connectivity index (χ3v) is 3.45. The van der Waals surface area contributed by atoms with E-state index in [2.05, 4.69) is 5.32 Å². The van der Waals surface area contributed by atoms with Crippen molar-refractivity contribution in [3.05, 3.63) is 59.7 Å². The zero-order valence-corrected chi connectivity index (χ0v) is 12.0. The van der Waals surface area contributed by atoms with Gasteiger partial charge in [-0.2, -0.15) is 0 Å². The van der Waals surface area contributed by atoms with Gasteiger partial charge in [0.05, 0.1) is 6.10 Å². The molecule has 4 heteroatoms. The predicted molar refractivity (Wildman–Crippen MR) is 82.1 cm³/mol. The van der Waals surface area contributed by atoms with Gasteiger partial charge in [0.15, 0.2) is 0 Å². The Kier molecular flexibility index (Phi) is 5.20. The van der Waals surface area contributed by atoms with Gasteiger partial charge in [0, 0.05) is 12.6 Å². The fraction of sp³-hybridized carbons (Fsp3) is 0.294. The molecule has 0 aliphatic heterocycles. The molecule has 0 fully saturated rings. The number of aromatic hydroxyl groups is 2. The van der Waals surface area contributed by atoms with Gasteiger partial charge < -0.3 is 20.6 Å². The number of nitrogens with one attached hydrogen (secondary N) is 1. The van der Waals surface area contributed by atoms with E-state index < -0.39 is 6.10 Å². The van der Waals surface area contributed by atoms with Gasteiger partial charge in [-0.3, -0.25) is 0 Å². The summed E-state index contributed by atoms with van der Waals surface area (Å²) in [6.07, 6.45) is 0.0241. The summed E-state index contributed by atoms with van der Waals surface area (Å²) in [7, 11) is 0. The average Bonchev–Trinajstić information content (AvgIpc) is 2.47. The van der Waals surface area contributed by atoms with E-state index in [0.29, 0.717) is 13.0 Å². The van der Waals surface area contributed by atoms with Gasteiger partial charge in [0.25, 0.3) is 0 Å². The van der Waals surface area contributed by atoms with Crippen LogP contribution >= 0.6 is 0 Å². The van der Waals surface area contributed by atoms with Crippen molar-refractivity contribution in [2.45, 2.75) is 32.0 Å². The van der Waals surface area contributed by atoms with Crippen molar-refractivity contribution < 1.29 is 15.3 Å². The van der Waals surface area contributed by atoms with Gasteiger partial charge in [-0.05, 0) is 48.7 Å². The van der Waals surface area contributed by atoms with Crippen molar-refractivity contribution in [3.8, 4) is 11.5 Å². The van der Waals surface area contributed by atoms with Crippen LogP contribution in [-0.4, -0.2) is 21.4 Å². The molecule has 2 aromatic rings. The lowest BCUT2D eigenvalue weighted by Gasteiger charge is -2.18. The molecule has 4 N–H and O–H groups in total. The Morgan fingerprint density at radius 3 is 2.00 bits per heavy atom. The monoisotopic (exact) mass is 287 g/mol. The summed E-state index contributed by atoms with van der Waals surface area (Å²) in [5.41, 5.74) is 1.88. The van der Waals surface area contributed by atoms with E-state index in [-0.39, 0.29) is 17.5 Å². The molecule has 112 valence electrons. The van der Waals surface area contributed by atoms with Crippen molar-refractivity contribution in [2.75, 3.05) is 0 Å². The lowest BCUT2D eigenvalue weighted by atomic mass is 10.0. The Labute approximate surface area is 124 Å². The molecule has 4 nitrogen and oxygen atoms in total. The van der Waals surface area contributed by atoms with Crippen LogP contribution in [-0.2, 0) is 6.54 Å². The van der Waals surface area contributed by atoms with Crippen molar-refractivity contribution >= 4 is 0 Å². The molecule has 21 heavy (non-hydrogen) atoms. The second kappa shape index (κ2) is 7.11. The fourth-order valence-electron chi connectivity index (χ4n) is 2.16. The number of phenolic OH excluding ortho intramolecular Hbond substituents is 2. The number of phenols is 2. The molecule has 0 aromatic heterocycles. The van der Waals surface area contributed by atoms with Gasteiger partial charge >= 0.3 is 0 Å². The molecule has 0 saturated heterocycles. The number of aliphatic hydroxyl groups excluding tert-OH is 1. The molecule has 2 unspecified atom stereocenters. The summed E-state index contributed by atoms with van der Waals surface area (Å²) in [6.45, 7) is 2.70.